The molecule has 5 heteroatoms. The number of hydrogen-bond acceptors (Lipinski definition) is 4. The summed E-state index contributed by atoms with van der Waals surface area (Å²) in [6.07, 6.45) is 5.80. The van der Waals surface area contributed by atoms with E-state index in [1.165, 1.54) is 0 Å². The number of carbonyl (C=O) groups excluding carboxylic acids is 1. The predicted octanol–water partition coefficient (Wildman–Crippen LogP) is 2.05. The molecule has 0 aromatic rings. The van der Waals surface area contributed by atoms with Crippen molar-refractivity contribution in [3.8, 4) is 0 Å². The first-order valence-electron chi connectivity index (χ1n) is 8.81. The molecule has 2 rings (SSSR count). The minimum atomic E-state index is -0.0936. The molecule has 0 aromatic heterocycles. The van der Waals surface area contributed by atoms with Crippen LogP contribution in [0.15, 0.2) is 0 Å². The second-order valence-electron chi connectivity index (χ2n) is 7.39. The molecule has 2 heterocycles. The zero-order valence-corrected chi connectivity index (χ0v) is 14.2. The molecule has 1 amide bonds. The summed E-state index contributed by atoms with van der Waals surface area (Å²) in [5.41, 5.74) is -0.0936. The van der Waals surface area contributed by atoms with Crippen molar-refractivity contribution in [2.75, 3.05) is 39.4 Å². The van der Waals surface area contributed by atoms with E-state index < -0.39 is 0 Å². The van der Waals surface area contributed by atoms with Crippen molar-refractivity contribution in [3.05, 3.63) is 0 Å². The lowest BCUT2D eigenvalue weighted by atomic mass is 9.74. The first-order valence-corrected chi connectivity index (χ1v) is 8.81. The van der Waals surface area contributed by atoms with Crippen LogP contribution < -0.4 is 0 Å². The van der Waals surface area contributed by atoms with E-state index in [4.69, 9.17) is 4.84 Å². The molecule has 2 aliphatic rings. The van der Waals surface area contributed by atoms with Crippen molar-refractivity contribution < 1.29 is 14.7 Å². The van der Waals surface area contributed by atoms with E-state index >= 15 is 0 Å². The van der Waals surface area contributed by atoms with Crippen LogP contribution in [0.1, 0.15) is 52.4 Å². The van der Waals surface area contributed by atoms with E-state index in [-0.39, 0.29) is 17.9 Å². The van der Waals surface area contributed by atoms with Gasteiger partial charge in [0.25, 0.3) is 0 Å². The van der Waals surface area contributed by atoms with E-state index in [1.807, 2.05) is 9.96 Å². The van der Waals surface area contributed by atoms with Gasteiger partial charge in [0.1, 0.15) is 0 Å². The van der Waals surface area contributed by atoms with Crippen LogP contribution in [-0.2, 0) is 9.63 Å². The Bertz CT molecular complexity index is 356. The summed E-state index contributed by atoms with van der Waals surface area (Å²) >= 11 is 0. The van der Waals surface area contributed by atoms with Crippen molar-refractivity contribution in [2.24, 2.45) is 11.3 Å². The predicted molar refractivity (Wildman–Crippen MR) is 86.2 cm³/mol. The zero-order valence-electron chi connectivity index (χ0n) is 14.2. The van der Waals surface area contributed by atoms with Gasteiger partial charge in [-0.15, -0.1) is 0 Å². The van der Waals surface area contributed by atoms with Crippen molar-refractivity contribution in [2.45, 2.75) is 52.4 Å². The van der Waals surface area contributed by atoms with E-state index in [0.29, 0.717) is 25.4 Å². The largest absolute Gasteiger partial charge is 0.396 e. The number of hydroxylamine groups is 2. The van der Waals surface area contributed by atoms with Gasteiger partial charge in [0.2, 0.25) is 5.91 Å². The summed E-state index contributed by atoms with van der Waals surface area (Å²) in [6, 6.07) is 0. The Balaban J connectivity index is 1.83. The second-order valence-corrected chi connectivity index (χ2v) is 7.39. The molecule has 22 heavy (non-hydrogen) atoms. The minimum absolute atomic E-state index is 0.0936. The zero-order chi connectivity index (χ0) is 16.0. The van der Waals surface area contributed by atoms with Crippen LogP contribution in [0.4, 0.5) is 0 Å². The Hall–Kier alpha value is -0.650. The molecule has 0 aliphatic carbocycles. The van der Waals surface area contributed by atoms with Crippen LogP contribution in [0.5, 0.6) is 0 Å². The monoisotopic (exact) mass is 312 g/mol. The molecule has 2 aliphatic heterocycles. The first-order chi connectivity index (χ1) is 10.5. The first kappa shape index (κ1) is 17.7. The van der Waals surface area contributed by atoms with Gasteiger partial charge in [-0.2, -0.15) is 5.06 Å². The van der Waals surface area contributed by atoms with Gasteiger partial charge in [0.05, 0.1) is 13.2 Å². The molecule has 1 atom stereocenters. The number of amides is 1. The summed E-state index contributed by atoms with van der Waals surface area (Å²) in [4.78, 5) is 20.0. The lowest BCUT2D eigenvalue weighted by Crippen LogP contribution is -2.49. The average Bonchev–Trinajstić information content (AvgIpc) is 2.53. The highest BCUT2D eigenvalue weighted by Crippen LogP contribution is 2.36. The maximum atomic E-state index is 12.5. The summed E-state index contributed by atoms with van der Waals surface area (Å²) in [5, 5.41) is 11.8. The van der Waals surface area contributed by atoms with Crippen LogP contribution in [-0.4, -0.2) is 60.4 Å². The van der Waals surface area contributed by atoms with Crippen molar-refractivity contribution in [3.63, 3.8) is 0 Å². The molecule has 0 radical (unpaired) electrons. The standard InChI is InChI=1S/C17H32N2O3/c1-15(2)12-17(14-20)7-5-8-18(13-17)16(21)6-10-19-9-3-4-11-22-19/h15,20H,3-14H2,1-2H3/t17-/m1/s1. The van der Waals surface area contributed by atoms with Crippen LogP contribution in [0.3, 0.4) is 0 Å². The van der Waals surface area contributed by atoms with Crippen molar-refractivity contribution in [1.29, 1.82) is 0 Å². The van der Waals surface area contributed by atoms with Crippen molar-refractivity contribution in [1.82, 2.24) is 9.96 Å². The maximum Gasteiger partial charge on any atom is 0.223 e. The quantitative estimate of drug-likeness (QED) is 0.815. The summed E-state index contributed by atoms with van der Waals surface area (Å²) in [7, 11) is 0. The number of piperidine rings is 1. The van der Waals surface area contributed by atoms with Gasteiger partial charge in [0.15, 0.2) is 0 Å². The van der Waals surface area contributed by atoms with E-state index in [9.17, 15) is 9.90 Å². The second kappa shape index (κ2) is 8.27. The van der Waals surface area contributed by atoms with Gasteiger partial charge in [-0.3, -0.25) is 9.63 Å². The van der Waals surface area contributed by atoms with Crippen LogP contribution in [0, 0.1) is 11.3 Å². The smallest absolute Gasteiger partial charge is 0.223 e. The van der Waals surface area contributed by atoms with E-state index in [0.717, 1.165) is 51.8 Å². The van der Waals surface area contributed by atoms with Gasteiger partial charge < -0.3 is 10.0 Å². The van der Waals surface area contributed by atoms with E-state index in [1.54, 1.807) is 0 Å². The Labute approximate surface area is 134 Å². The number of hydrogen-bond donors (Lipinski definition) is 1. The fraction of sp³-hybridized carbons (Fsp3) is 0.941. The molecule has 128 valence electrons. The number of nitrogens with zero attached hydrogens (tertiary/aromatic N) is 2. The topological polar surface area (TPSA) is 53.0 Å². The Kier molecular flexibility index (Phi) is 6.66. The van der Waals surface area contributed by atoms with Gasteiger partial charge >= 0.3 is 0 Å². The molecule has 2 saturated heterocycles. The molecule has 1 N–H and O–H groups in total. The summed E-state index contributed by atoms with van der Waals surface area (Å²) < 4.78 is 0. The van der Waals surface area contributed by atoms with Gasteiger partial charge in [0, 0.05) is 38.0 Å². The fourth-order valence-corrected chi connectivity index (χ4v) is 3.85. The molecule has 0 saturated carbocycles. The third kappa shape index (κ3) is 4.93. The highest BCUT2D eigenvalue weighted by Gasteiger charge is 2.37. The Morgan fingerprint density at radius 3 is 2.73 bits per heavy atom. The average molecular weight is 312 g/mol. The normalized spacial score (nSPS) is 27.4. The minimum Gasteiger partial charge on any atom is -0.396 e. The number of aliphatic hydroxyl groups excluding tert-OH is 1. The highest BCUT2D eigenvalue weighted by molar-refractivity contribution is 5.76. The maximum absolute atomic E-state index is 12.5. The lowest BCUT2D eigenvalue weighted by Gasteiger charge is -2.43. The number of carbonyl (C=O) groups is 1. The van der Waals surface area contributed by atoms with Gasteiger partial charge in [-0.05, 0) is 38.0 Å². The molecule has 2 fully saturated rings. The SMILES string of the molecule is CC(C)C[C@]1(CO)CCCN(C(=O)CCN2CCCCO2)C1. The number of aliphatic hydroxyl groups is 1. The Morgan fingerprint density at radius 1 is 1.27 bits per heavy atom. The molecule has 5 nitrogen and oxygen atoms in total. The third-order valence-electron chi connectivity index (χ3n) is 4.84. The summed E-state index contributed by atoms with van der Waals surface area (Å²) in [6.45, 7) is 8.50. The van der Waals surface area contributed by atoms with E-state index in [2.05, 4.69) is 13.8 Å². The highest BCUT2D eigenvalue weighted by atomic mass is 16.7. The molecule has 0 spiro atoms. The van der Waals surface area contributed by atoms with Gasteiger partial charge in [-0.1, -0.05) is 13.8 Å². The van der Waals surface area contributed by atoms with Crippen LogP contribution in [0.2, 0.25) is 0 Å². The number of likely N-dealkylation sites (tertiary alicyclic amines) is 1. The summed E-state index contributed by atoms with van der Waals surface area (Å²) in [5.74, 6) is 0.749. The van der Waals surface area contributed by atoms with Crippen LogP contribution >= 0.6 is 0 Å². The third-order valence-corrected chi connectivity index (χ3v) is 4.84. The van der Waals surface area contributed by atoms with Crippen molar-refractivity contribution >= 4 is 5.91 Å². The fourth-order valence-electron chi connectivity index (χ4n) is 3.85. The molecule has 0 bridgehead atoms. The molecule has 0 aromatic carbocycles. The molecular formula is C17H32N2O3. The lowest BCUT2D eigenvalue weighted by molar-refractivity contribution is -0.183. The van der Waals surface area contributed by atoms with Crippen LogP contribution in [0.25, 0.3) is 0 Å². The molecule has 0 unspecified atom stereocenters. The number of rotatable bonds is 6. The molecular weight excluding hydrogens is 280 g/mol. The Morgan fingerprint density at radius 2 is 2.09 bits per heavy atom. The van der Waals surface area contributed by atoms with Gasteiger partial charge in [-0.25, -0.2) is 0 Å².